The number of nitrogens with zero attached hydrogens (tertiary/aromatic N) is 3. The van der Waals surface area contributed by atoms with Crippen LogP contribution in [0.5, 0.6) is 0 Å². The Morgan fingerprint density at radius 1 is 1.26 bits per heavy atom. The van der Waals surface area contributed by atoms with E-state index in [4.69, 9.17) is 11.6 Å². The molecule has 4 rings (SSSR count). The number of aryl methyl sites for hydroxylation is 1. The van der Waals surface area contributed by atoms with E-state index in [1.165, 1.54) is 34.2 Å². The number of hydrogen-bond donors (Lipinski definition) is 1. The van der Waals surface area contributed by atoms with Crippen LogP contribution < -0.4 is 5.32 Å². The van der Waals surface area contributed by atoms with Gasteiger partial charge in [-0.15, -0.1) is 11.3 Å². The number of piperazine rings is 1. The molecule has 8 nitrogen and oxygen atoms in total. The Labute approximate surface area is 209 Å². The number of rotatable bonds is 7. The molecule has 1 saturated carbocycles. The highest BCUT2D eigenvalue weighted by atomic mass is 35.5. The molecule has 0 unspecified atom stereocenters. The molecular weight excluding hydrogens is 496 g/mol. The molecule has 1 saturated heterocycles. The molecule has 1 atom stereocenters. The van der Waals surface area contributed by atoms with Gasteiger partial charge in [0.2, 0.25) is 21.8 Å². The number of anilines is 1. The molecule has 2 heterocycles. The van der Waals surface area contributed by atoms with Gasteiger partial charge in [0.1, 0.15) is 6.04 Å². The number of nitrogens with one attached hydrogen (secondary N) is 1. The van der Waals surface area contributed by atoms with Gasteiger partial charge in [-0.2, -0.15) is 4.31 Å². The molecule has 1 N–H and O–H groups in total. The number of benzene rings is 1. The second-order valence-electron chi connectivity index (χ2n) is 8.92. The minimum absolute atomic E-state index is 0.0598. The average Bonchev–Trinajstić information content (AvgIpc) is 3.33. The van der Waals surface area contributed by atoms with Crippen LogP contribution in [0.3, 0.4) is 0 Å². The summed E-state index contributed by atoms with van der Waals surface area (Å²) >= 11 is 7.45. The van der Waals surface area contributed by atoms with Crippen molar-refractivity contribution < 1.29 is 18.0 Å². The van der Waals surface area contributed by atoms with E-state index >= 15 is 0 Å². The lowest BCUT2D eigenvalue weighted by atomic mass is 9.84. The zero-order valence-electron chi connectivity index (χ0n) is 19.1. The molecule has 11 heteroatoms. The van der Waals surface area contributed by atoms with Crippen molar-refractivity contribution >= 4 is 49.9 Å². The Kier molecular flexibility index (Phi) is 7.91. The third-order valence-corrected chi connectivity index (χ3v) is 9.56. The highest BCUT2D eigenvalue weighted by Gasteiger charge is 2.39. The molecule has 1 aliphatic carbocycles. The highest BCUT2D eigenvalue weighted by Crippen LogP contribution is 2.30. The number of carbonyl (C=O) groups is 2. The van der Waals surface area contributed by atoms with Gasteiger partial charge in [0.05, 0.1) is 11.4 Å². The smallest absolute Gasteiger partial charge is 0.248 e. The first-order chi connectivity index (χ1) is 16.3. The number of amides is 2. The quantitative estimate of drug-likeness (QED) is 0.592. The standard InChI is InChI=1S/C23H29ClN4O4S2/c1-16-7-8-18(14-19(16)24)34(31,32)27-10-11-28(21(29)15-27)20(13-17-5-3-2-4-6-17)22(30)26-23-25-9-12-33-23/h7-9,12,14,17,20H,2-6,10-11,13,15H2,1H3,(H,25,26,30)/t20-/m0/s1. The summed E-state index contributed by atoms with van der Waals surface area (Å²) in [6, 6.07) is 3.91. The topological polar surface area (TPSA) is 99.7 Å². The summed E-state index contributed by atoms with van der Waals surface area (Å²) in [4.78, 5) is 32.1. The molecule has 1 aromatic heterocycles. The fraction of sp³-hybridized carbons (Fsp3) is 0.522. The van der Waals surface area contributed by atoms with E-state index in [0.29, 0.717) is 22.5 Å². The third-order valence-electron chi connectivity index (χ3n) is 6.63. The van der Waals surface area contributed by atoms with E-state index in [1.807, 2.05) is 0 Å². The SMILES string of the molecule is Cc1ccc(S(=O)(=O)N2CCN([C@@H](CC3CCCCC3)C(=O)Nc3nccs3)C(=O)C2)cc1Cl. The Hall–Kier alpha value is -2.01. The van der Waals surface area contributed by atoms with Gasteiger partial charge in [-0.05, 0) is 37.0 Å². The fourth-order valence-corrected chi connectivity index (χ4v) is 6.86. The third kappa shape index (κ3) is 5.62. The van der Waals surface area contributed by atoms with E-state index in [1.54, 1.807) is 29.5 Å². The van der Waals surface area contributed by atoms with Crippen molar-refractivity contribution in [3.05, 3.63) is 40.4 Å². The number of halogens is 1. The Bertz CT molecular complexity index is 1130. The van der Waals surface area contributed by atoms with Crippen LogP contribution in [-0.4, -0.2) is 60.1 Å². The van der Waals surface area contributed by atoms with Gasteiger partial charge < -0.3 is 10.2 Å². The maximum absolute atomic E-state index is 13.2. The monoisotopic (exact) mass is 524 g/mol. The maximum Gasteiger partial charge on any atom is 0.248 e. The molecule has 0 radical (unpaired) electrons. The maximum atomic E-state index is 13.2. The molecule has 1 aromatic carbocycles. The summed E-state index contributed by atoms with van der Waals surface area (Å²) in [6.07, 6.45) is 7.72. The van der Waals surface area contributed by atoms with E-state index in [0.717, 1.165) is 31.2 Å². The first-order valence-corrected chi connectivity index (χ1v) is 14.2. The van der Waals surface area contributed by atoms with Crippen molar-refractivity contribution in [2.45, 2.75) is 56.4 Å². The van der Waals surface area contributed by atoms with Gasteiger partial charge in [-0.1, -0.05) is 49.8 Å². The Morgan fingerprint density at radius 2 is 2.03 bits per heavy atom. The normalized spacial score (nSPS) is 19.2. The summed E-state index contributed by atoms with van der Waals surface area (Å²) in [5.41, 5.74) is 0.776. The van der Waals surface area contributed by atoms with Crippen molar-refractivity contribution in [2.24, 2.45) is 5.92 Å². The van der Waals surface area contributed by atoms with Crippen LogP contribution in [0.2, 0.25) is 5.02 Å². The Morgan fingerprint density at radius 3 is 2.68 bits per heavy atom. The van der Waals surface area contributed by atoms with E-state index in [-0.39, 0.29) is 36.3 Å². The number of thiazole rings is 1. The van der Waals surface area contributed by atoms with Crippen molar-refractivity contribution in [3.8, 4) is 0 Å². The summed E-state index contributed by atoms with van der Waals surface area (Å²) in [5, 5.41) is 5.46. The lowest BCUT2D eigenvalue weighted by Crippen LogP contribution is -2.58. The average molecular weight is 525 g/mol. The van der Waals surface area contributed by atoms with Crippen molar-refractivity contribution in [1.29, 1.82) is 0 Å². The molecule has 0 bridgehead atoms. The van der Waals surface area contributed by atoms with E-state index in [2.05, 4.69) is 10.3 Å². The van der Waals surface area contributed by atoms with Gasteiger partial charge in [0.25, 0.3) is 0 Å². The number of hydrogen-bond acceptors (Lipinski definition) is 6. The largest absolute Gasteiger partial charge is 0.328 e. The molecule has 184 valence electrons. The molecular formula is C23H29ClN4O4S2. The predicted octanol–water partition coefficient (Wildman–Crippen LogP) is 3.92. The zero-order valence-corrected chi connectivity index (χ0v) is 21.5. The van der Waals surface area contributed by atoms with Crippen LogP contribution in [-0.2, 0) is 19.6 Å². The van der Waals surface area contributed by atoms with Crippen LogP contribution in [0.1, 0.15) is 44.1 Å². The minimum Gasteiger partial charge on any atom is -0.328 e. The number of carbonyl (C=O) groups excluding carboxylic acids is 2. The molecule has 1 aliphatic heterocycles. The van der Waals surface area contributed by atoms with E-state index in [9.17, 15) is 18.0 Å². The molecule has 2 aliphatic rings. The van der Waals surface area contributed by atoms with Gasteiger partial charge >= 0.3 is 0 Å². The summed E-state index contributed by atoms with van der Waals surface area (Å²) in [5.74, 6) is -0.274. The fourth-order valence-electron chi connectivity index (χ4n) is 4.67. The van der Waals surface area contributed by atoms with Gasteiger partial charge in [0.15, 0.2) is 5.13 Å². The van der Waals surface area contributed by atoms with Crippen LogP contribution in [0.25, 0.3) is 0 Å². The van der Waals surface area contributed by atoms with Crippen LogP contribution in [0, 0.1) is 12.8 Å². The second kappa shape index (κ2) is 10.7. The molecule has 34 heavy (non-hydrogen) atoms. The first kappa shape index (κ1) is 25.1. The molecule has 2 aromatic rings. The predicted molar refractivity (Wildman–Crippen MR) is 132 cm³/mol. The zero-order chi connectivity index (χ0) is 24.3. The Balaban J connectivity index is 1.50. The lowest BCUT2D eigenvalue weighted by molar-refractivity contribution is -0.142. The minimum atomic E-state index is -3.88. The van der Waals surface area contributed by atoms with Crippen LogP contribution in [0.15, 0.2) is 34.7 Å². The number of aromatic nitrogens is 1. The molecule has 2 amide bonds. The summed E-state index contributed by atoms with van der Waals surface area (Å²) in [6.45, 7) is 1.76. The van der Waals surface area contributed by atoms with Gasteiger partial charge in [-0.3, -0.25) is 9.59 Å². The second-order valence-corrected chi connectivity index (χ2v) is 12.2. The lowest BCUT2D eigenvalue weighted by Gasteiger charge is -2.39. The van der Waals surface area contributed by atoms with Crippen LogP contribution in [0.4, 0.5) is 5.13 Å². The van der Waals surface area contributed by atoms with Crippen molar-refractivity contribution in [3.63, 3.8) is 0 Å². The van der Waals surface area contributed by atoms with Crippen molar-refractivity contribution in [2.75, 3.05) is 25.0 Å². The summed E-state index contributed by atoms with van der Waals surface area (Å²) < 4.78 is 27.5. The van der Waals surface area contributed by atoms with Crippen molar-refractivity contribution in [1.82, 2.24) is 14.2 Å². The molecule has 0 spiro atoms. The highest BCUT2D eigenvalue weighted by molar-refractivity contribution is 7.89. The number of sulfonamides is 1. The summed E-state index contributed by atoms with van der Waals surface area (Å²) in [7, 11) is -3.88. The van der Waals surface area contributed by atoms with Crippen LogP contribution >= 0.6 is 22.9 Å². The van der Waals surface area contributed by atoms with E-state index < -0.39 is 16.1 Å². The van der Waals surface area contributed by atoms with Gasteiger partial charge in [0, 0.05) is 29.7 Å². The first-order valence-electron chi connectivity index (χ1n) is 11.5. The molecule has 2 fully saturated rings. The van der Waals surface area contributed by atoms with Gasteiger partial charge in [-0.25, -0.2) is 13.4 Å².